The smallest absolute Gasteiger partial charge is 0.256 e. The summed E-state index contributed by atoms with van der Waals surface area (Å²) in [5.74, 6) is -0.361. The van der Waals surface area contributed by atoms with E-state index in [0.29, 0.717) is 19.4 Å². The fourth-order valence-corrected chi connectivity index (χ4v) is 3.23. The van der Waals surface area contributed by atoms with Crippen LogP contribution in [0.4, 0.5) is 13.2 Å². The molecule has 1 aliphatic heterocycles. The summed E-state index contributed by atoms with van der Waals surface area (Å²) < 4.78 is 41.0. The molecule has 2 rings (SSSR count). The molecule has 1 aromatic rings. The third kappa shape index (κ3) is 5.19. The van der Waals surface area contributed by atoms with E-state index < -0.39 is 30.8 Å². The lowest BCUT2D eigenvalue weighted by Gasteiger charge is -2.44. The Hall–Kier alpha value is -1.60. The third-order valence-electron chi connectivity index (χ3n) is 4.59. The van der Waals surface area contributed by atoms with E-state index >= 15 is 0 Å². The highest BCUT2D eigenvalue weighted by Gasteiger charge is 2.47. The average Bonchev–Trinajstić information content (AvgIpc) is 2.59. The standard InChI is InChI=1S/C18H25F3N2O2/c1-2-14(24)22-13-11-23(16(18(20)21)17(25)15(13)19)10-6-9-12-7-4-3-5-8-12/h3-5,7-8,13,15-18,25H,2,6,9-11H2,1H3,(H,22,24)/t13-,15+,16-,17-/m0/s1. The maximum Gasteiger partial charge on any atom is 0.256 e. The Morgan fingerprint density at radius 3 is 2.64 bits per heavy atom. The molecule has 2 N–H and O–H groups in total. The summed E-state index contributed by atoms with van der Waals surface area (Å²) in [5, 5.41) is 12.5. The molecule has 1 aromatic carbocycles. The van der Waals surface area contributed by atoms with Crippen LogP contribution >= 0.6 is 0 Å². The lowest BCUT2D eigenvalue weighted by atomic mass is 9.92. The number of nitrogens with one attached hydrogen (secondary N) is 1. The molecule has 0 aliphatic carbocycles. The highest BCUT2D eigenvalue weighted by atomic mass is 19.3. The zero-order valence-electron chi connectivity index (χ0n) is 14.2. The van der Waals surface area contributed by atoms with Crippen molar-refractivity contribution in [1.29, 1.82) is 0 Å². The van der Waals surface area contributed by atoms with Crippen molar-refractivity contribution in [3.8, 4) is 0 Å². The van der Waals surface area contributed by atoms with Gasteiger partial charge >= 0.3 is 0 Å². The molecular weight excluding hydrogens is 333 g/mol. The number of alkyl halides is 3. The van der Waals surface area contributed by atoms with Crippen LogP contribution in [0.15, 0.2) is 30.3 Å². The molecule has 25 heavy (non-hydrogen) atoms. The molecule has 140 valence electrons. The van der Waals surface area contributed by atoms with Gasteiger partial charge < -0.3 is 10.4 Å². The number of rotatable bonds is 7. The fourth-order valence-electron chi connectivity index (χ4n) is 3.23. The number of likely N-dealkylation sites (tertiary alicyclic amines) is 1. The number of benzene rings is 1. The Kier molecular flexibility index (Phi) is 7.25. The maximum atomic E-state index is 14.3. The number of aliphatic hydroxyl groups is 1. The van der Waals surface area contributed by atoms with E-state index in [2.05, 4.69) is 5.32 Å². The van der Waals surface area contributed by atoms with Crippen LogP contribution in [-0.4, -0.2) is 59.8 Å². The second kappa shape index (κ2) is 9.20. The summed E-state index contributed by atoms with van der Waals surface area (Å²) in [7, 11) is 0. The first kappa shape index (κ1) is 19.7. The topological polar surface area (TPSA) is 52.6 Å². The van der Waals surface area contributed by atoms with Crippen molar-refractivity contribution < 1.29 is 23.1 Å². The van der Waals surface area contributed by atoms with Gasteiger partial charge in [0, 0.05) is 13.0 Å². The summed E-state index contributed by atoms with van der Waals surface area (Å²) in [6, 6.07) is 7.10. The number of hydrogen-bond donors (Lipinski definition) is 2. The van der Waals surface area contributed by atoms with Gasteiger partial charge in [0.15, 0.2) is 0 Å². The number of piperidine rings is 1. The number of nitrogens with zero attached hydrogens (tertiary/aromatic N) is 1. The summed E-state index contributed by atoms with van der Waals surface area (Å²) in [5.41, 5.74) is 1.09. The van der Waals surface area contributed by atoms with Crippen molar-refractivity contribution in [3.63, 3.8) is 0 Å². The molecule has 1 amide bonds. The third-order valence-corrected chi connectivity index (χ3v) is 4.59. The summed E-state index contributed by atoms with van der Waals surface area (Å²) in [4.78, 5) is 12.9. The van der Waals surface area contributed by atoms with Gasteiger partial charge in [0.25, 0.3) is 6.43 Å². The summed E-state index contributed by atoms with van der Waals surface area (Å²) >= 11 is 0. The predicted molar refractivity (Wildman–Crippen MR) is 89.3 cm³/mol. The van der Waals surface area contributed by atoms with Crippen molar-refractivity contribution in [1.82, 2.24) is 10.2 Å². The van der Waals surface area contributed by atoms with Crippen molar-refractivity contribution in [2.24, 2.45) is 0 Å². The molecule has 0 radical (unpaired) electrons. The maximum absolute atomic E-state index is 14.3. The van der Waals surface area contributed by atoms with Crippen LogP contribution in [0.3, 0.4) is 0 Å². The Morgan fingerprint density at radius 2 is 2.04 bits per heavy atom. The van der Waals surface area contributed by atoms with E-state index in [4.69, 9.17) is 0 Å². The summed E-state index contributed by atoms with van der Waals surface area (Å²) in [6.45, 7) is 1.89. The predicted octanol–water partition coefficient (Wildman–Crippen LogP) is 2.16. The Balaban J connectivity index is 2.01. The molecule has 7 heteroatoms. The lowest BCUT2D eigenvalue weighted by molar-refractivity contribution is -0.130. The van der Waals surface area contributed by atoms with Crippen LogP contribution in [0.25, 0.3) is 0 Å². The minimum atomic E-state index is -2.85. The fraction of sp³-hybridized carbons (Fsp3) is 0.611. The van der Waals surface area contributed by atoms with Gasteiger partial charge in [-0.15, -0.1) is 0 Å². The second-order valence-electron chi connectivity index (χ2n) is 6.37. The molecule has 1 saturated heterocycles. The van der Waals surface area contributed by atoms with E-state index in [9.17, 15) is 23.1 Å². The Labute approximate surface area is 146 Å². The van der Waals surface area contributed by atoms with Crippen LogP contribution in [0, 0.1) is 0 Å². The van der Waals surface area contributed by atoms with E-state index in [-0.39, 0.29) is 18.9 Å². The molecule has 4 nitrogen and oxygen atoms in total. The van der Waals surface area contributed by atoms with Gasteiger partial charge in [0.2, 0.25) is 5.91 Å². The molecular formula is C18H25F3N2O2. The number of halogens is 3. The number of carbonyl (C=O) groups excluding carboxylic acids is 1. The van der Waals surface area contributed by atoms with Gasteiger partial charge in [0.05, 0.1) is 6.04 Å². The van der Waals surface area contributed by atoms with Gasteiger partial charge in [-0.1, -0.05) is 37.3 Å². The van der Waals surface area contributed by atoms with E-state index in [1.807, 2.05) is 30.3 Å². The van der Waals surface area contributed by atoms with Crippen LogP contribution in [0.2, 0.25) is 0 Å². The first-order valence-corrected chi connectivity index (χ1v) is 8.61. The van der Waals surface area contributed by atoms with Gasteiger partial charge in [-0.2, -0.15) is 0 Å². The zero-order chi connectivity index (χ0) is 18.4. The highest BCUT2D eigenvalue weighted by Crippen LogP contribution is 2.26. The molecule has 0 bridgehead atoms. The van der Waals surface area contributed by atoms with E-state index in [1.54, 1.807) is 6.92 Å². The minimum absolute atomic E-state index is 0.0340. The number of amides is 1. The summed E-state index contributed by atoms with van der Waals surface area (Å²) in [6.07, 6.45) is -5.11. The first-order valence-electron chi connectivity index (χ1n) is 8.61. The van der Waals surface area contributed by atoms with Crippen LogP contribution < -0.4 is 5.32 Å². The quantitative estimate of drug-likeness (QED) is 0.785. The zero-order valence-corrected chi connectivity index (χ0v) is 14.2. The molecule has 4 atom stereocenters. The average molecular weight is 358 g/mol. The number of hydrogen-bond acceptors (Lipinski definition) is 3. The van der Waals surface area contributed by atoms with Crippen molar-refractivity contribution in [2.75, 3.05) is 13.1 Å². The van der Waals surface area contributed by atoms with Crippen molar-refractivity contribution in [2.45, 2.75) is 57.0 Å². The van der Waals surface area contributed by atoms with Crippen molar-refractivity contribution in [3.05, 3.63) is 35.9 Å². The monoisotopic (exact) mass is 358 g/mol. The van der Waals surface area contributed by atoms with E-state index in [0.717, 1.165) is 5.56 Å². The second-order valence-corrected chi connectivity index (χ2v) is 6.37. The molecule has 0 unspecified atom stereocenters. The molecule has 0 aromatic heterocycles. The van der Waals surface area contributed by atoms with Crippen LogP contribution in [-0.2, 0) is 11.2 Å². The van der Waals surface area contributed by atoms with E-state index in [1.165, 1.54) is 4.90 Å². The van der Waals surface area contributed by atoms with Gasteiger partial charge in [0.1, 0.15) is 18.3 Å². The SMILES string of the molecule is CCC(=O)N[C@H]1CN(CCCc2ccccc2)[C@H](C(F)F)[C@@H](O)[C@@H]1F. The highest BCUT2D eigenvalue weighted by molar-refractivity contribution is 5.76. The van der Waals surface area contributed by atoms with Crippen LogP contribution in [0.1, 0.15) is 25.3 Å². The number of carbonyl (C=O) groups is 1. The normalized spacial score (nSPS) is 27.4. The van der Waals surface area contributed by atoms with Gasteiger partial charge in [-0.25, -0.2) is 13.2 Å². The molecule has 1 aliphatic rings. The molecule has 0 spiro atoms. The Bertz CT molecular complexity index is 544. The lowest BCUT2D eigenvalue weighted by Crippen LogP contribution is -2.66. The number of aryl methyl sites for hydroxylation is 1. The van der Waals surface area contributed by atoms with Crippen molar-refractivity contribution >= 4 is 5.91 Å². The number of aliphatic hydroxyl groups excluding tert-OH is 1. The molecule has 1 fully saturated rings. The molecule has 0 saturated carbocycles. The van der Waals surface area contributed by atoms with Gasteiger partial charge in [-0.3, -0.25) is 9.69 Å². The van der Waals surface area contributed by atoms with Crippen LogP contribution in [0.5, 0.6) is 0 Å². The first-order chi connectivity index (χ1) is 11.9. The van der Waals surface area contributed by atoms with Gasteiger partial charge in [-0.05, 0) is 24.9 Å². The Morgan fingerprint density at radius 1 is 1.36 bits per heavy atom. The minimum Gasteiger partial charge on any atom is -0.388 e. The molecule has 1 heterocycles. The largest absolute Gasteiger partial charge is 0.388 e.